The number of fused-ring (bicyclic) bond motifs is 1. The Morgan fingerprint density at radius 3 is 2.65 bits per heavy atom. The summed E-state index contributed by atoms with van der Waals surface area (Å²) in [5.74, 6) is 0.530. The van der Waals surface area contributed by atoms with Crippen LogP contribution in [0.4, 0.5) is 0 Å². The fourth-order valence-electron chi connectivity index (χ4n) is 3.59. The van der Waals surface area contributed by atoms with Gasteiger partial charge in [0.1, 0.15) is 17.6 Å². The number of aliphatic carboxylic acids is 1. The summed E-state index contributed by atoms with van der Waals surface area (Å²) in [6.45, 7) is 6.21. The van der Waals surface area contributed by atoms with Crippen LogP contribution in [0, 0.1) is 12.3 Å². The largest absolute Gasteiger partial charge is 0.479 e. The number of ether oxygens (including phenoxy) is 1. The molecule has 23 heavy (non-hydrogen) atoms. The van der Waals surface area contributed by atoms with Crippen molar-refractivity contribution in [2.45, 2.75) is 64.7 Å². The molecule has 0 aromatic carbocycles. The zero-order chi connectivity index (χ0) is 16.8. The van der Waals surface area contributed by atoms with Crippen LogP contribution in [-0.2, 0) is 20.7 Å². The summed E-state index contributed by atoms with van der Waals surface area (Å²) in [7, 11) is 0. The summed E-state index contributed by atoms with van der Waals surface area (Å²) in [6, 6.07) is 1.86. The number of carbonyl (C=O) groups is 2. The summed E-state index contributed by atoms with van der Waals surface area (Å²) in [5.41, 5.74) is 1.07. The molecule has 1 fully saturated rings. The van der Waals surface area contributed by atoms with Gasteiger partial charge in [-0.1, -0.05) is 13.8 Å². The summed E-state index contributed by atoms with van der Waals surface area (Å²) >= 11 is 0. The Kier molecular flexibility index (Phi) is 3.96. The molecule has 6 nitrogen and oxygen atoms in total. The van der Waals surface area contributed by atoms with Crippen molar-refractivity contribution in [3.05, 3.63) is 23.2 Å². The van der Waals surface area contributed by atoms with E-state index in [-0.39, 0.29) is 17.4 Å². The van der Waals surface area contributed by atoms with Crippen LogP contribution in [-0.4, -0.2) is 29.2 Å². The Balaban J connectivity index is 1.72. The number of amides is 1. The van der Waals surface area contributed by atoms with E-state index in [9.17, 15) is 9.59 Å². The highest BCUT2D eigenvalue weighted by Crippen LogP contribution is 2.42. The Labute approximate surface area is 135 Å². The highest BCUT2D eigenvalue weighted by Gasteiger charge is 2.39. The lowest BCUT2D eigenvalue weighted by Gasteiger charge is -2.35. The van der Waals surface area contributed by atoms with E-state index in [0.29, 0.717) is 12.8 Å². The van der Waals surface area contributed by atoms with Crippen molar-refractivity contribution >= 4 is 11.9 Å². The second-order valence-corrected chi connectivity index (χ2v) is 7.37. The van der Waals surface area contributed by atoms with Crippen LogP contribution in [0.5, 0.6) is 0 Å². The number of carboxylic acids is 1. The van der Waals surface area contributed by atoms with Gasteiger partial charge in [0.15, 0.2) is 6.10 Å². The normalized spacial score (nSPS) is 29.1. The van der Waals surface area contributed by atoms with E-state index < -0.39 is 18.2 Å². The van der Waals surface area contributed by atoms with Crippen LogP contribution in [0.2, 0.25) is 0 Å². The van der Waals surface area contributed by atoms with Crippen LogP contribution >= 0.6 is 0 Å². The fraction of sp³-hybridized carbons (Fsp3) is 0.647. The zero-order valence-corrected chi connectivity index (χ0v) is 13.7. The van der Waals surface area contributed by atoms with Crippen molar-refractivity contribution in [1.29, 1.82) is 0 Å². The lowest BCUT2D eigenvalue weighted by atomic mass is 9.74. The molecule has 0 spiro atoms. The molecular weight excluding hydrogens is 298 g/mol. The maximum atomic E-state index is 12.4. The molecule has 126 valence electrons. The van der Waals surface area contributed by atoms with Gasteiger partial charge < -0.3 is 19.6 Å². The molecule has 1 aromatic heterocycles. The number of rotatable bonds is 3. The summed E-state index contributed by atoms with van der Waals surface area (Å²) in [4.78, 5) is 23.4. The third kappa shape index (κ3) is 3.27. The standard InChI is InChI=1S/C17H23NO5/c1-9-6-10-11(7-17(2,3)8-14(10)22-9)18-15(19)12-4-5-13(23-12)16(20)21/h6,11-13H,4-5,7-8H2,1-3H3,(H,18,19)(H,20,21)/t11?,12-,13+/m0/s1. The zero-order valence-electron chi connectivity index (χ0n) is 13.7. The fourth-order valence-corrected chi connectivity index (χ4v) is 3.59. The molecular formula is C17H23NO5. The molecule has 0 saturated carbocycles. The predicted octanol–water partition coefficient (Wildman–Crippen LogP) is 2.35. The molecule has 0 bridgehead atoms. The average molecular weight is 321 g/mol. The van der Waals surface area contributed by atoms with Gasteiger partial charge in [-0.15, -0.1) is 0 Å². The van der Waals surface area contributed by atoms with Crippen LogP contribution in [0.1, 0.15) is 56.2 Å². The quantitative estimate of drug-likeness (QED) is 0.892. The van der Waals surface area contributed by atoms with E-state index in [2.05, 4.69) is 19.2 Å². The maximum absolute atomic E-state index is 12.4. The second kappa shape index (κ2) is 5.67. The first-order chi connectivity index (χ1) is 10.7. The number of carbonyl (C=O) groups excluding carboxylic acids is 1. The lowest BCUT2D eigenvalue weighted by molar-refractivity contribution is -0.152. The predicted molar refractivity (Wildman–Crippen MR) is 82.0 cm³/mol. The molecule has 1 amide bonds. The van der Waals surface area contributed by atoms with Crippen LogP contribution in [0.25, 0.3) is 0 Å². The van der Waals surface area contributed by atoms with Gasteiger partial charge in [-0.25, -0.2) is 4.79 Å². The average Bonchev–Trinajstić information content (AvgIpc) is 3.03. The van der Waals surface area contributed by atoms with Crippen molar-refractivity contribution in [3.63, 3.8) is 0 Å². The maximum Gasteiger partial charge on any atom is 0.332 e. The smallest absolute Gasteiger partial charge is 0.332 e. The minimum absolute atomic E-state index is 0.0371. The molecule has 6 heteroatoms. The topological polar surface area (TPSA) is 88.8 Å². The van der Waals surface area contributed by atoms with Gasteiger partial charge >= 0.3 is 5.97 Å². The van der Waals surface area contributed by atoms with Crippen LogP contribution < -0.4 is 5.32 Å². The van der Waals surface area contributed by atoms with Crippen molar-refractivity contribution in [2.75, 3.05) is 0 Å². The summed E-state index contributed by atoms with van der Waals surface area (Å²) in [6.07, 6.45) is 0.928. The molecule has 1 aliphatic heterocycles. The molecule has 3 rings (SSSR count). The first kappa shape index (κ1) is 16.1. The summed E-state index contributed by atoms with van der Waals surface area (Å²) in [5, 5.41) is 12.0. The molecule has 1 aromatic rings. The Hall–Kier alpha value is -1.82. The van der Waals surface area contributed by atoms with Crippen molar-refractivity contribution < 1.29 is 23.8 Å². The van der Waals surface area contributed by atoms with Gasteiger partial charge in [0, 0.05) is 12.0 Å². The number of hydrogen-bond acceptors (Lipinski definition) is 4. The highest BCUT2D eigenvalue weighted by atomic mass is 16.5. The Morgan fingerprint density at radius 1 is 1.30 bits per heavy atom. The number of aryl methyl sites for hydroxylation is 1. The molecule has 2 N–H and O–H groups in total. The van der Waals surface area contributed by atoms with Gasteiger partial charge in [-0.05, 0) is 37.7 Å². The number of nitrogens with one attached hydrogen (secondary N) is 1. The first-order valence-corrected chi connectivity index (χ1v) is 8.03. The highest BCUT2D eigenvalue weighted by molar-refractivity contribution is 5.83. The molecule has 1 saturated heterocycles. The molecule has 3 atom stereocenters. The third-order valence-corrected chi connectivity index (χ3v) is 4.64. The number of hydrogen-bond donors (Lipinski definition) is 2. The van der Waals surface area contributed by atoms with E-state index in [4.69, 9.17) is 14.3 Å². The van der Waals surface area contributed by atoms with Crippen LogP contribution in [0.15, 0.2) is 10.5 Å². The van der Waals surface area contributed by atoms with Gasteiger partial charge in [0.2, 0.25) is 5.91 Å². The third-order valence-electron chi connectivity index (χ3n) is 4.64. The van der Waals surface area contributed by atoms with Gasteiger partial charge in [-0.2, -0.15) is 0 Å². The van der Waals surface area contributed by atoms with Gasteiger partial charge in [0.05, 0.1) is 6.04 Å². The number of furan rings is 1. The van der Waals surface area contributed by atoms with Gasteiger partial charge in [-0.3, -0.25) is 4.79 Å². The molecule has 1 aliphatic carbocycles. The molecule has 2 heterocycles. The SMILES string of the molecule is Cc1cc2c(o1)CC(C)(C)CC2NC(=O)[C@@H]1CC[C@H](C(=O)O)O1. The van der Waals surface area contributed by atoms with Crippen molar-refractivity contribution in [2.24, 2.45) is 5.41 Å². The Bertz CT molecular complexity index is 633. The van der Waals surface area contributed by atoms with E-state index in [1.54, 1.807) is 0 Å². The second-order valence-electron chi connectivity index (χ2n) is 7.37. The monoisotopic (exact) mass is 321 g/mol. The molecule has 2 aliphatic rings. The molecule has 0 radical (unpaired) electrons. The minimum atomic E-state index is -1.01. The summed E-state index contributed by atoms with van der Waals surface area (Å²) < 4.78 is 11.1. The van der Waals surface area contributed by atoms with Gasteiger partial charge in [0.25, 0.3) is 0 Å². The van der Waals surface area contributed by atoms with Crippen molar-refractivity contribution in [3.8, 4) is 0 Å². The Morgan fingerprint density at radius 2 is 2.00 bits per heavy atom. The first-order valence-electron chi connectivity index (χ1n) is 8.03. The van der Waals surface area contributed by atoms with E-state index >= 15 is 0 Å². The minimum Gasteiger partial charge on any atom is -0.479 e. The van der Waals surface area contributed by atoms with E-state index in [1.165, 1.54) is 0 Å². The van der Waals surface area contributed by atoms with E-state index in [1.807, 2.05) is 13.0 Å². The molecule has 1 unspecified atom stereocenters. The van der Waals surface area contributed by atoms with Crippen molar-refractivity contribution in [1.82, 2.24) is 5.32 Å². The lowest BCUT2D eigenvalue weighted by Crippen LogP contribution is -2.41. The number of carboxylic acid groups (broad SMARTS) is 1. The van der Waals surface area contributed by atoms with Crippen LogP contribution in [0.3, 0.4) is 0 Å². The van der Waals surface area contributed by atoms with E-state index in [0.717, 1.165) is 29.9 Å².